The number of halogens is 2. The van der Waals surface area contributed by atoms with Crippen molar-refractivity contribution in [1.29, 1.82) is 0 Å². The van der Waals surface area contributed by atoms with Gasteiger partial charge in [-0.2, -0.15) is 0 Å². The largest absolute Gasteiger partial charge is 0.330 e. The summed E-state index contributed by atoms with van der Waals surface area (Å²) in [4.78, 5) is 14.3. The van der Waals surface area contributed by atoms with Gasteiger partial charge in [-0.1, -0.05) is 53.5 Å². The van der Waals surface area contributed by atoms with Gasteiger partial charge in [0.2, 0.25) is 0 Å². The Balaban J connectivity index is 2.10. The Morgan fingerprint density at radius 3 is 2.48 bits per heavy atom. The molecule has 0 heterocycles. The van der Waals surface area contributed by atoms with Crippen LogP contribution in [0.15, 0.2) is 48.5 Å². The fraction of sp³-hybridized carbons (Fsp3) is 0.235. The predicted molar refractivity (Wildman–Crippen MR) is 96.4 cm³/mol. The molecule has 0 saturated carbocycles. The van der Waals surface area contributed by atoms with Gasteiger partial charge in [0.25, 0.3) is 0 Å². The molecular weight excluding hydrogens is 333 g/mol. The van der Waals surface area contributed by atoms with E-state index < -0.39 is 0 Å². The SMILES string of the molecule is CN(C)CC(NC(=O)Nc1cc(Cl)ccc1Cl)c1ccccc1. The molecule has 0 aliphatic rings. The molecule has 4 nitrogen and oxygen atoms in total. The molecule has 0 aliphatic heterocycles. The predicted octanol–water partition coefficient (Wildman–Crippen LogP) is 4.42. The fourth-order valence-electron chi connectivity index (χ4n) is 2.19. The van der Waals surface area contributed by atoms with Crippen LogP contribution in [0, 0.1) is 0 Å². The lowest BCUT2D eigenvalue weighted by atomic mass is 10.1. The second-order valence-corrected chi connectivity index (χ2v) is 6.29. The molecular formula is C17H19Cl2N3O. The molecule has 2 N–H and O–H groups in total. The van der Waals surface area contributed by atoms with Crippen molar-refractivity contribution >= 4 is 34.9 Å². The van der Waals surface area contributed by atoms with Crippen LogP contribution >= 0.6 is 23.2 Å². The minimum absolute atomic E-state index is 0.135. The van der Waals surface area contributed by atoms with Crippen LogP contribution in [-0.2, 0) is 0 Å². The second-order valence-electron chi connectivity index (χ2n) is 5.45. The van der Waals surface area contributed by atoms with E-state index in [-0.39, 0.29) is 12.1 Å². The highest BCUT2D eigenvalue weighted by Gasteiger charge is 2.16. The zero-order valence-electron chi connectivity index (χ0n) is 13.0. The Kier molecular flexibility index (Phi) is 6.28. The van der Waals surface area contributed by atoms with Crippen molar-refractivity contribution in [3.05, 3.63) is 64.1 Å². The zero-order chi connectivity index (χ0) is 16.8. The van der Waals surface area contributed by atoms with Crippen molar-refractivity contribution in [2.75, 3.05) is 26.0 Å². The van der Waals surface area contributed by atoms with Crippen LogP contribution in [0.5, 0.6) is 0 Å². The van der Waals surface area contributed by atoms with Crippen LogP contribution in [-0.4, -0.2) is 31.6 Å². The molecule has 2 aromatic carbocycles. The molecule has 0 saturated heterocycles. The second kappa shape index (κ2) is 8.20. The molecule has 1 unspecified atom stereocenters. The third-order valence-corrected chi connectivity index (χ3v) is 3.80. The van der Waals surface area contributed by atoms with E-state index in [2.05, 4.69) is 10.6 Å². The number of nitrogens with zero attached hydrogens (tertiary/aromatic N) is 1. The lowest BCUT2D eigenvalue weighted by molar-refractivity contribution is 0.244. The third kappa shape index (κ3) is 5.43. The first-order valence-electron chi connectivity index (χ1n) is 7.18. The van der Waals surface area contributed by atoms with Gasteiger partial charge in [-0.25, -0.2) is 4.79 Å². The molecule has 122 valence electrons. The first kappa shape index (κ1) is 17.6. The number of carbonyl (C=O) groups is 1. The number of urea groups is 1. The van der Waals surface area contributed by atoms with Crippen LogP contribution in [0.3, 0.4) is 0 Å². The first-order valence-corrected chi connectivity index (χ1v) is 7.93. The normalized spacial score (nSPS) is 12.0. The summed E-state index contributed by atoms with van der Waals surface area (Å²) >= 11 is 12.0. The maximum absolute atomic E-state index is 12.3. The van der Waals surface area contributed by atoms with E-state index in [9.17, 15) is 4.79 Å². The monoisotopic (exact) mass is 351 g/mol. The number of amides is 2. The Morgan fingerprint density at radius 2 is 1.83 bits per heavy atom. The number of nitrogens with one attached hydrogen (secondary N) is 2. The molecule has 23 heavy (non-hydrogen) atoms. The van der Waals surface area contributed by atoms with Crippen molar-refractivity contribution in [3.63, 3.8) is 0 Å². The maximum atomic E-state index is 12.3. The fourth-order valence-corrected chi connectivity index (χ4v) is 2.53. The van der Waals surface area contributed by atoms with E-state index in [1.165, 1.54) is 0 Å². The lowest BCUT2D eigenvalue weighted by Gasteiger charge is -2.23. The van der Waals surface area contributed by atoms with Crippen LogP contribution < -0.4 is 10.6 Å². The topological polar surface area (TPSA) is 44.4 Å². The minimum Gasteiger partial charge on any atom is -0.330 e. The van der Waals surface area contributed by atoms with Crippen molar-refractivity contribution in [2.45, 2.75) is 6.04 Å². The average Bonchev–Trinajstić information content (AvgIpc) is 2.51. The van der Waals surface area contributed by atoms with E-state index in [1.54, 1.807) is 18.2 Å². The van der Waals surface area contributed by atoms with Gasteiger partial charge in [-0.15, -0.1) is 0 Å². The van der Waals surface area contributed by atoms with Crippen LogP contribution in [0.25, 0.3) is 0 Å². The summed E-state index contributed by atoms with van der Waals surface area (Å²) in [6.07, 6.45) is 0. The van der Waals surface area contributed by atoms with E-state index >= 15 is 0 Å². The van der Waals surface area contributed by atoms with E-state index in [0.717, 1.165) is 5.56 Å². The van der Waals surface area contributed by atoms with Crippen molar-refractivity contribution in [2.24, 2.45) is 0 Å². The minimum atomic E-state index is -0.329. The Hall–Kier alpha value is -1.75. The van der Waals surface area contributed by atoms with Gasteiger partial charge in [0.05, 0.1) is 16.8 Å². The summed E-state index contributed by atoms with van der Waals surface area (Å²) < 4.78 is 0. The molecule has 2 amide bonds. The summed E-state index contributed by atoms with van der Waals surface area (Å²) in [5.41, 5.74) is 1.52. The van der Waals surface area contributed by atoms with Crippen LogP contribution in [0.2, 0.25) is 10.0 Å². The number of benzene rings is 2. The molecule has 2 rings (SSSR count). The summed E-state index contributed by atoms with van der Waals surface area (Å²) in [7, 11) is 3.92. The summed E-state index contributed by atoms with van der Waals surface area (Å²) in [5.74, 6) is 0. The number of anilines is 1. The molecule has 0 radical (unpaired) electrons. The van der Waals surface area contributed by atoms with Gasteiger partial charge in [0, 0.05) is 11.6 Å². The van der Waals surface area contributed by atoms with Crippen LogP contribution in [0.1, 0.15) is 11.6 Å². The zero-order valence-corrected chi connectivity index (χ0v) is 14.5. The van der Waals surface area contributed by atoms with Gasteiger partial charge in [-0.3, -0.25) is 0 Å². The van der Waals surface area contributed by atoms with Crippen molar-refractivity contribution < 1.29 is 4.79 Å². The summed E-state index contributed by atoms with van der Waals surface area (Å²) in [5, 5.41) is 6.66. The van der Waals surface area contributed by atoms with Gasteiger partial charge < -0.3 is 15.5 Å². The smallest absolute Gasteiger partial charge is 0.319 e. The Labute approximate surface area is 146 Å². The molecule has 0 spiro atoms. The van der Waals surface area contributed by atoms with E-state index in [4.69, 9.17) is 23.2 Å². The van der Waals surface area contributed by atoms with Crippen molar-refractivity contribution in [1.82, 2.24) is 10.2 Å². The quantitative estimate of drug-likeness (QED) is 0.837. The first-order chi connectivity index (χ1) is 11.0. The Bertz CT molecular complexity index is 662. The maximum Gasteiger partial charge on any atom is 0.319 e. The highest BCUT2D eigenvalue weighted by Crippen LogP contribution is 2.25. The number of likely N-dealkylation sites (N-methyl/N-ethyl adjacent to an activating group) is 1. The van der Waals surface area contributed by atoms with Crippen LogP contribution in [0.4, 0.5) is 10.5 Å². The van der Waals surface area contributed by atoms with E-state index in [0.29, 0.717) is 22.3 Å². The molecule has 0 aromatic heterocycles. The molecule has 1 atom stereocenters. The van der Waals surface area contributed by atoms with E-state index in [1.807, 2.05) is 49.3 Å². The highest BCUT2D eigenvalue weighted by atomic mass is 35.5. The molecule has 0 aliphatic carbocycles. The van der Waals surface area contributed by atoms with Gasteiger partial charge in [0.1, 0.15) is 0 Å². The van der Waals surface area contributed by atoms with Gasteiger partial charge in [0.15, 0.2) is 0 Å². The molecule has 0 fully saturated rings. The Morgan fingerprint density at radius 1 is 1.13 bits per heavy atom. The van der Waals surface area contributed by atoms with Gasteiger partial charge in [-0.05, 0) is 37.9 Å². The summed E-state index contributed by atoms with van der Waals surface area (Å²) in [6, 6.07) is 14.3. The number of carbonyl (C=O) groups excluding carboxylic acids is 1. The number of rotatable bonds is 5. The lowest BCUT2D eigenvalue weighted by Crippen LogP contribution is -2.37. The average molecular weight is 352 g/mol. The van der Waals surface area contributed by atoms with Crippen molar-refractivity contribution in [3.8, 4) is 0 Å². The van der Waals surface area contributed by atoms with Gasteiger partial charge >= 0.3 is 6.03 Å². The number of hydrogen-bond donors (Lipinski definition) is 2. The molecule has 6 heteroatoms. The molecule has 0 bridgehead atoms. The third-order valence-electron chi connectivity index (χ3n) is 3.23. The standard InChI is InChI=1S/C17H19Cl2N3O/c1-22(2)11-16(12-6-4-3-5-7-12)21-17(23)20-15-10-13(18)8-9-14(15)19/h3-10,16H,11H2,1-2H3,(H2,20,21,23). The number of hydrogen-bond acceptors (Lipinski definition) is 2. The molecule has 2 aromatic rings. The highest BCUT2D eigenvalue weighted by molar-refractivity contribution is 6.35. The summed E-state index contributed by atoms with van der Waals surface area (Å²) in [6.45, 7) is 0.681.